The molecular weight excluding hydrogens is 967 g/mol. The first-order valence-electron chi connectivity index (χ1n) is 25.2. The number of fused-ring (bicyclic) bond motifs is 1. The molecule has 7 N–H and O–H groups in total. The average molecular weight is 1050 g/mol. The van der Waals surface area contributed by atoms with E-state index in [-0.39, 0.29) is 49.4 Å². The molecule has 0 spiro atoms. The zero-order valence-electron chi connectivity index (χ0n) is 42.0. The Morgan fingerprint density at radius 1 is 0.556 bits per heavy atom. The Labute approximate surface area is 428 Å². The molecule has 0 aromatic heterocycles. The fraction of sp³-hybridized carbons (Fsp3) is 0.792. The minimum absolute atomic E-state index is 0.0349. The van der Waals surface area contributed by atoms with Gasteiger partial charge in [-0.2, -0.15) is 11.8 Å². The van der Waals surface area contributed by atoms with Crippen LogP contribution in [-0.4, -0.2) is 236 Å². The van der Waals surface area contributed by atoms with E-state index in [4.69, 9.17) is 72.4 Å². The molecule has 3 rings (SSSR count). The van der Waals surface area contributed by atoms with E-state index in [0.29, 0.717) is 189 Å². The summed E-state index contributed by atoms with van der Waals surface area (Å²) in [6.07, 6.45) is 3.76. The summed E-state index contributed by atoms with van der Waals surface area (Å²) in [6.45, 7) is 11.8. The van der Waals surface area contributed by atoms with Crippen LogP contribution < -0.4 is 31.7 Å². The highest BCUT2D eigenvalue weighted by Gasteiger charge is 2.42. The van der Waals surface area contributed by atoms with E-state index < -0.39 is 12.0 Å². The number of hydrogen-bond donors (Lipinski definition) is 6. The number of nitrogens with one attached hydrogen (secondary N) is 4. The van der Waals surface area contributed by atoms with E-state index in [1.807, 2.05) is 11.8 Å². The van der Waals surface area contributed by atoms with E-state index in [9.17, 15) is 19.2 Å². The summed E-state index contributed by atoms with van der Waals surface area (Å²) in [6, 6.07) is 6.44. The van der Waals surface area contributed by atoms with Gasteiger partial charge in [-0.05, 0) is 37.0 Å². The zero-order valence-corrected chi connectivity index (χ0v) is 42.8. The molecular formula is C48H83N5O18S. The molecule has 0 aliphatic carbocycles. The summed E-state index contributed by atoms with van der Waals surface area (Å²) < 4.78 is 71.6. The van der Waals surface area contributed by atoms with Crippen LogP contribution in [0.4, 0.5) is 4.79 Å². The maximum absolute atomic E-state index is 12.1. The molecule has 72 heavy (non-hydrogen) atoms. The normalized spacial score (nSPS) is 16.6. The van der Waals surface area contributed by atoms with Crippen molar-refractivity contribution in [3.8, 4) is 5.75 Å². The second-order valence-electron chi connectivity index (χ2n) is 16.3. The number of urea groups is 1. The van der Waals surface area contributed by atoms with Gasteiger partial charge in [-0.3, -0.25) is 14.4 Å². The molecule has 2 aliphatic rings. The van der Waals surface area contributed by atoms with Crippen LogP contribution >= 0.6 is 11.8 Å². The first kappa shape index (κ1) is 62.8. The van der Waals surface area contributed by atoms with Crippen LogP contribution in [0.1, 0.15) is 37.7 Å². The number of carbonyl (C=O) groups is 4. The minimum Gasteiger partial charge on any atom is -0.492 e. The molecule has 2 fully saturated rings. The van der Waals surface area contributed by atoms with Gasteiger partial charge in [0.1, 0.15) is 18.4 Å². The van der Waals surface area contributed by atoms with Crippen molar-refractivity contribution in [2.75, 3.05) is 184 Å². The van der Waals surface area contributed by atoms with E-state index in [1.54, 1.807) is 24.3 Å². The number of amides is 4. The third-order valence-electron chi connectivity index (χ3n) is 10.6. The first-order valence-corrected chi connectivity index (χ1v) is 26.2. The number of ether oxygens (including phenoxy) is 13. The summed E-state index contributed by atoms with van der Waals surface area (Å²) >= 11 is 1.90. The lowest BCUT2D eigenvalue weighted by atomic mass is 10.0. The number of benzene rings is 1. The van der Waals surface area contributed by atoms with Crippen LogP contribution in [0.5, 0.6) is 5.75 Å². The summed E-state index contributed by atoms with van der Waals surface area (Å²) in [5.41, 5.74) is 6.35. The van der Waals surface area contributed by atoms with Gasteiger partial charge in [-0.1, -0.05) is 18.6 Å². The molecule has 4 atom stereocenters. The third-order valence-corrected chi connectivity index (χ3v) is 12.1. The molecule has 1 aromatic carbocycles. The predicted molar refractivity (Wildman–Crippen MR) is 266 cm³/mol. The molecule has 2 aliphatic heterocycles. The van der Waals surface area contributed by atoms with E-state index in [1.165, 1.54) is 0 Å². The Bertz CT molecular complexity index is 1530. The Morgan fingerprint density at radius 3 is 1.40 bits per heavy atom. The number of carboxylic acid groups (broad SMARTS) is 1. The number of rotatable bonds is 51. The smallest absolute Gasteiger partial charge is 0.320 e. The van der Waals surface area contributed by atoms with Gasteiger partial charge in [-0.25, -0.2) is 4.79 Å². The number of thioether (sulfide) groups is 1. The van der Waals surface area contributed by atoms with Crippen molar-refractivity contribution < 1.29 is 85.9 Å². The number of nitrogens with two attached hydrogens (primary N) is 1. The maximum Gasteiger partial charge on any atom is 0.320 e. The molecule has 24 heteroatoms. The van der Waals surface area contributed by atoms with Crippen LogP contribution in [0.25, 0.3) is 0 Å². The van der Waals surface area contributed by atoms with Gasteiger partial charge >= 0.3 is 12.0 Å². The van der Waals surface area contributed by atoms with Gasteiger partial charge in [0.2, 0.25) is 11.8 Å². The van der Waals surface area contributed by atoms with Crippen molar-refractivity contribution in [2.24, 2.45) is 5.73 Å². The first-order chi connectivity index (χ1) is 35.3. The third kappa shape index (κ3) is 34.1. The fourth-order valence-corrected chi connectivity index (χ4v) is 8.37. The van der Waals surface area contributed by atoms with Gasteiger partial charge in [0.25, 0.3) is 0 Å². The van der Waals surface area contributed by atoms with Crippen LogP contribution in [0.2, 0.25) is 0 Å². The second kappa shape index (κ2) is 43.9. The van der Waals surface area contributed by atoms with E-state index >= 15 is 0 Å². The van der Waals surface area contributed by atoms with Gasteiger partial charge in [0.15, 0.2) is 0 Å². The molecule has 0 unspecified atom stereocenters. The predicted octanol–water partition coefficient (Wildman–Crippen LogP) is 0.567. The molecule has 23 nitrogen and oxygen atoms in total. The van der Waals surface area contributed by atoms with Crippen molar-refractivity contribution in [3.63, 3.8) is 0 Å². The number of hydrogen-bond acceptors (Lipinski definition) is 19. The highest BCUT2D eigenvalue weighted by Crippen LogP contribution is 2.33. The largest absolute Gasteiger partial charge is 0.492 e. The SMILES string of the molecule is N[C@@H](Cc1ccc(OCCNC(=O)CCOCCOCCOCCOCCOCCOCCOCCOCCOCCOCCOCCOCCNC(=O)CCCC[C@@H]2SC[C@@H]3NC(=O)N[C@@H]32)cc1)C(=O)O. The minimum atomic E-state index is -1.05. The quantitative estimate of drug-likeness (QED) is 0.0384. The van der Waals surface area contributed by atoms with Gasteiger partial charge in [0, 0.05) is 30.4 Å². The van der Waals surface area contributed by atoms with Crippen LogP contribution in [-0.2, 0) is 77.6 Å². The highest BCUT2D eigenvalue weighted by molar-refractivity contribution is 8.00. The van der Waals surface area contributed by atoms with Crippen molar-refractivity contribution in [1.29, 1.82) is 0 Å². The van der Waals surface area contributed by atoms with Crippen molar-refractivity contribution >= 4 is 35.6 Å². The summed E-state index contributed by atoms with van der Waals surface area (Å²) in [5.74, 6) is 0.417. The van der Waals surface area contributed by atoms with Crippen LogP contribution in [0.15, 0.2) is 24.3 Å². The second-order valence-corrected chi connectivity index (χ2v) is 17.6. The van der Waals surface area contributed by atoms with Gasteiger partial charge < -0.3 is 93.7 Å². The van der Waals surface area contributed by atoms with Crippen molar-refractivity contribution in [2.45, 2.75) is 61.9 Å². The molecule has 0 saturated carbocycles. The highest BCUT2D eigenvalue weighted by atomic mass is 32.2. The van der Waals surface area contributed by atoms with E-state index in [2.05, 4.69) is 21.3 Å². The number of unbranched alkanes of at least 4 members (excludes halogenated alkanes) is 1. The number of carboxylic acids is 1. The molecule has 1 aromatic rings. The lowest BCUT2D eigenvalue weighted by molar-refractivity contribution is -0.138. The van der Waals surface area contributed by atoms with E-state index in [0.717, 1.165) is 30.6 Å². The number of carbonyl (C=O) groups excluding carboxylic acids is 3. The Kier molecular flexibility index (Phi) is 38.3. The Hall–Kier alpha value is -3.47. The van der Waals surface area contributed by atoms with Crippen molar-refractivity contribution in [3.05, 3.63) is 29.8 Å². The maximum atomic E-state index is 12.1. The molecule has 4 amide bonds. The molecule has 2 heterocycles. The summed E-state index contributed by atoms with van der Waals surface area (Å²) in [5, 5.41) is 21.0. The molecule has 0 bridgehead atoms. The molecule has 0 radical (unpaired) electrons. The van der Waals surface area contributed by atoms with Crippen LogP contribution in [0.3, 0.4) is 0 Å². The number of aliphatic carboxylic acids is 1. The lowest BCUT2D eigenvalue weighted by Gasteiger charge is -2.16. The average Bonchev–Trinajstić information content (AvgIpc) is 3.94. The summed E-state index contributed by atoms with van der Waals surface area (Å²) in [4.78, 5) is 46.4. The van der Waals surface area contributed by atoms with Crippen LogP contribution in [0, 0.1) is 0 Å². The zero-order chi connectivity index (χ0) is 51.4. The topological polar surface area (TPSA) is 283 Å². The van der Waals surface area contributed by atoms with Gasteiger partial charge in [-0.15, -0.1) is 0 Å². The monoisotopic (exact) mass is 1050 g/mol. The fourth-order valence-electron chi connectivity index (χ4n) is 6.82. The lowest BCUT2D eigenvalue weighted by Crippen LogP contribution is -2.36. The Balaban J connectivity index is 0.888. The Morgan fingerprint density at radius 2 is 0.958 bits per heavy atom. The summed E-state index contributed by atoms with van der Waals surface area (Å²) in [7, 11) is 0. The standard InChI is InChI=1S/C48H83N5O18S/c49-41(47(56)57)37-39-5-7-40(8-6-39)71-14-11-51-45(55)9-12-59-15-17-61-19-21-63-23-25-65-27-29-67-31-33-69-35-36-70-34-32-68-30-28-66-26-24-64-22-20-62-18-16-60-13-10-50-44(54)4-2-1-3-43-46-42(38-72-43)52-48(58)53-46/h5-8,41-43,46H,1-4,9-38,49H2,(H,50,54)(H,51,55)(H,56,57)(H2,52,53,58)/t41-,42-,43-,46-/m0/s1. The molecule has 2 saturated heterocycles. The van der Waals surface area contributed by atoms with Crippen molar-refractivity contribution in [1.82, 2.24) is 21.3 Å². The van der Waals surface area contributed by atoms with Gasteiger partial charge in [0.05, 0.1) is 177 Å². The molecule has 414 valence electrons.